The number of hydrogen-bond donors (Lipinski definition) is 0. The molecule has 2 atom stereocenters. The van der Waals surface area contributed by atoms with Crippen molar-refractivity contribution in [1.29, 1.82) is 0 Å². The zero-order chi connectivity index (χ0) is 13.3. The van der Waals surface area contributed by atoms with Crippen LogP contribution in [0.15, 0.2) is 12.4 Å². The van der Waals surface area contributed by atoms with Gasteiger partial charge < -0.3 is 4.74 Å². The highest BCUT2D eigenvalue weighted by Gasteiger charge is 2.40. The van der Waals surface area contributed by atoms with Crippen LogP contribution in [0.3, 0.4) is 0 Å². The largest absolute Gasteiger partial charge is 0.370 e. The molecule has 1 aromatic rings. The maximum absolute atomic E-state index is 6.37. The normalized spacial score (nSPS) is 27.8. The summed E-state index contributed by atoms with van der Waals surface area (Å²) in [5.74, 6) is 0. The molecule has 0 amide bonds. The minimum absolute atomic E-state index is 0.0305. The lowest BCUT2D eigenvalue weighted by Crippen LogP contribution is -2.32. The number of ether oxygens (including phenoxy) is 1. The summed E-state index contributed by atoms with van der Waals surface area (Å²) in [5.41, 5.74) is 1.30. The number of nitrogens with zero attached hydrogens (tertiary/aromatic N) is 2. The van der Waals surface area contributed by atoms with Gasteiger partial charge in [0.1, 0.15) is 0 Å². The summed E-state index contributed by atoms with van der Waals surface area (Å²) in [4.78, 5) is 0. The molecular formula is C15H23ClN2O. The Balaban J connectivity index is 1.58. The van der Waals surface area contributed by atoms with E-state index < -0.39 is 0 Å². The molecule has 1 aromatic heterocycles. The van der Waals surface area contributed by atoms with Crippen molar-refractivity contribution >= 4 is 11.6 Å². The van der Waals surface area contributed by atoms with Gasteiger partial charge in [-0.15, -0.1) is 11.6 Å². The average Bonchev–Trinajstić information content (AvgIpc) is 2.99. The molecule has 0 N–H and O–H groups in total. The molecule has 3 nitrogen and oxygen atoms in total. The van der Waals surface area contributed by atoms with Gasteiger partial charge in [-0.1, -0.05) is 19.3 Å². The van der Waals surface area contributed by atoms with Crippen LogP contribution in [0.1, 0.15) is 62.8 Å². The van der Waals surface area contributed by atoms with E-state index in [9.17, 15) is 0 Å². The molecular weight excluding hydrogens is 260 g/mol. The maximum atomic E-state index is 6.37. The van der Waals surface area contributed by atoms with Gasteiger partial charge in [0.2, 0.25) is 0 Å². The van der Waals surface area contributed by atoms with Crippen LogP contribution in [0.4, 0.5) is 0 Å². The Kier molecular flexibility index (Phi) is 3.86. The number of hydrogen-bond acceptors (Lipinski definition) is 2. The zero-order valence-electron chi connectivity index (χ0n) is 11.6. The van der Waals surface area contributed by atoms with E-state index in [1.165, 1.54) is 44.9 Å². The van der Waals surface area contributed by atoms with E-state index in [1.54, 1.807) is 0 Å². The molecule has 2 aliphatic rings. The zero-order valence-corrected chi connectivity index (χ0v) is 12.4. The first-order valence-corrected chi connectivity index (χ1v) is 7.95. The van der Waals surface area contributed by atoms with Crippen molar-refractivity contribution in [2.45, 2.75) is 75.5 Å². The van der Waals surface area contributed by atoms with Crippen molar-refractivity contribution < 1.29 is 4.74 Å². The number of rotatable bonds is 3. The van der Waals surface area contributed by atoms with Crippen LogP contribution in [0.25, 0.3) is 0 Å². The standard InChI is InChI=1S/C15H23ClN2O/c1-12(16)13-9-17-18(10-13)11-14-5-8-15(19-14)6-3-2-4-7-15/h9-10,12,14H,2-8,11H2,1H3. The fourth-order valence-electron chi connectivity index (χ4n) is 3.48. The molecule has 1 saturated carbocycles. The summed E-state index contributed by atoms with van der Waals surface area (Å²) < 4.78 is 8.36. The molecule has 1 saturated heterocycles. The third-order valence-electron chi connectivity index (χ3n) is 4.61. The van der Waals surface area contributed by atoms with Crippen molar-refractivity contribution in [3.8, 4) is 0 Å². The van der Waals surface area contributed by atoms with Crippen molar-refractivity contribution in [1.82, 2.24) is 9.78 Å². The van der Waals surface area contributed by atoms with E-state index in [1.807, 2.05) is 24.0 Å². The molecule has 106 valence electrons. The topological polar surface area (TPSA) is 27.1 Å². The van der Waals surface area contributed by atoms with Gasteiger partial charge in [-0.2, -0.15) is 5.10 Å². The van der Waals surface area contributed by atoms with Gasteiger partial charge in [0.25, 0.3) is 0 Å². The Morgan fingerprint density at radius 1 is 1.42 bits per heavy atom. The second-order valence-corrected chi connectivity index (χ2v) is 6.79. The quantitative estimate of drug-likeness (QED) is 0.782. The Bertz CT molecular complexity index is 424. The molecule has 3 rings (SSSR count). The molecule has 4 heteroatoms. The van der Waals surface area contributed by atoms with Crippen molar-refractivity contribution in [2.24, 2.45) is 0 Å². The first kappa shape index (κ1) is 13.4. The third kappa shape index (κ3) is 2.97. The van der Waals surface area contributed by atoms with Crippen LogP contribution in [0, 0.1) is 0 Å². The summed E-state index contributed by atoms with van der Waals surface area (Å²) in [7, 11) is 0. The number of halogens is 1. The second-order valence-electron chi connectivity index (χ2n) is 6.13. The molecule has 2 unspecified atom stereocenters. The van der Waals surface area contributed by atoms with Gasteiger partial charge in [0, 0.05) is 11.8 Å². The summed E-state index contributed by atoms with van der Waals surface area (Å²) in [6, 6.07) is 0. The lowest BCUT2D eigenvalue weighted by molar-refractivity contribution is -0.0688. The predicted octanol–water partition coefficient (Wildman–Crippen LogP) is 4.06. The number of alkyl halides is 1. The van der Waals surface area contributed by atoms with E-state index in [4.69, 9.17) is 16.3 Å². The smallest absolute Gasteiger partial charge is 0.0779 e. The molecule has 1 aliphatic heterocycles. The molecule has 0 bridgehead atoms. The molecule has 2 fully saturated rings. The van der Waals surface area contributed by atoms with Gasteiger partial charge in [0.05, 0.1) is 29.8 Å². The summed E-state index contributed by atoms with van der Waals surface area (Å²) in [6.45, 7) is 2.84. The molecule has 1 spiro atoms. The van der Waals surface area contributed by atoms with Crippen LogP contribution in [-0.2, 0) is 11.3 Å². The summed E-state index contributed by atoms with van der Waals surface area (Å²) >= 11 is 6.07. The van der Waals surface area contributed by atoms with E-state index in [0.717, 1.165) is 12.1 Å². The van der Waals surface area contributed by atoms with Crippen LogP contribution in [0.5, 0.6) is 0 Å². The van der Waals surface area contributed by atoms with Gasteiger partial charge in [0.15, 0.2) is 0 Å². The number of aromatic nitrogens is 2. The van der Waals surface area contributed by atoms with E-state index >= 15 is 0 Å². The van der Waals surface area contributed by atoms with E-state index in [-0.39, 0.29) is 11.0 Å². The highest BCUT2D eigenvalue weighted by molar-refractivity contribution is 6.20. The van der Waals surface area contributed by atoms with Crippen molar-refractivity contribution in [3.05, 3.63) is 18.0 Å². The minimum Gasteiger partial charge on any atom is -0.370 e. The SMILES string of the molecule is CC(Cl)c1cnn(CC2CCC3(CCCCC3)O2)c1. The highest BCUT2D eigenvalue weighted by Crippen LogP contribution is 2.42. The Morgan fingerprint density at radius 2 is 2.21 bits per heavy atom. The summed E-state index contributed by atoms with van der Waals surface area (Å²) in [6.07, 6.45) is 13.2. The van der Waals surface area contributed by atoms with Crippen LogP contribution in [0.2, 0.25) is 0 Å². The second kappa shape index (κ2) is 5.45. The first-order chi connectivity index (χ1) is 9.17. The van der Waals surface area contributed by atoms with E-state index in [0.29, 0.717) is 6.10 Å². The van der Waals surface area contributed by atoms with Crippen LogP contribution >= 0.6 is 11.6 Å². The van der Waals surface area contributed by atoms with E-state index in [2.05, 4.69) is 5.10 Å². The lowest BCUT2D eigenvalue weighted by atomic mass is 9.83. The first-order valence-electron chi connectivity index (χ1n) is 7.51. The highest BCUT2D eigenvalue weighted by atomic mass is 35.5. The van der Waals surface area contributed by atoms with Crippen molar-refractivity contribution in [2.75, 3.05) is 0 Å². The van der Waals surface area contributed by atoms with Gasteiger partial charge in [-0.3, -0.25) is 4.68 Å². The monoisotopic (exact) mass is 282 g/mol. The average molecular weight is 283 g/mol. The Morgan fingerprint density at radius 3 is 2.89 bits per heavy atom. The Hall–Kier alpha value is -0.540. The molecule has 1 aliphatic carbocycles. The lowest BCUT2D eigenvalue weighted by Gasteiger charge is -2.33. The molecule has 0 radical (unpaired) electrons. The van der Waals surface area contributed by atoms with Gasteiger partial charge >= 0.3 is 0 Å². The van der Waals surface area contributed by atoms with Gasteiger partial charge in [-0.05, 0) is 32.6 Å². The molecule has 2 heterocycles. The third-order valence-corrected chi connectivity index (χ3v) is 4.86. The Labute approximate surface area is 120 Å². The molecule has 19 heavy (non-hydrogen) atoms. The van der Waals surface area contributed by atoms with Crippen LogP contribution in [-0.4, -0.2) is 21.5 Å². The predicted molar refractivity (Wildman–Crippen MR) is 76.4 cm³/mol. The van der Waals surface area contributed by atoms with Crippen molar-refractivity contribution in [3.63, 3.8) is 0 Å². The fourth-order valence-corrected chi connectivity index (χ4v) is 3.59. The minimum atomic E-state index is 0.0305. The summed E-state index contributed by atoms with van der Waals surface area (Å²) in [5, 5.41) is 4.42. The van der Waals surface area contributed by atoms with Gasteiger partial charge in [-0.25, -0.2) is 0 Å². The molecule has 0 aromatic carbocycles. The van der Waals surface area contributed by atoms with Crippen LogP contribution < -0.4 is 0 Å². The maximum Gasteiger partial charge on any atom is 0.0779 e. The fraction of sp³-hybridized carbons (Fsp3) is 0.800.